The molecule has 8 nitrogen and oxygen atoms in total. The molecule has 0 radical (unpaired) electrons. The molecule has 8 heteroatoms. The zero-order chi connectivity index (χ0) is 18.7. The summed E-state index contributed by atoms with van der Waals surface area (Å²) in [6, 6.07) is 7.82. The lowest BCUT2D eigenvalue weighted by Gasteiger charge is -2.15. The predicted molar refractivity (Wildman–Crippen MR) is 95.9 cm³/mol. The Balaban J connectivity index is 1.81. The molecule has 0 saturated heterocycles. The van der Waals surface area contributed by atoms with E-state index in [1.165, 1.54) is 10.7 Å². The first-order valence-corrected chi connectivity index (χ1v) is 8.26. The number of nitrogens with one attached hydrogen (secondary N) is 1. The lowest BCUT2D eigenvalue weighted by Crippen LogP contribution is -2.37. The van der Waals surface area contributed by atoms with Gasteiger partial charge in [-0.15, -0.1) is 5.10 Å². The Bertz CT molecular complexity index is 977. The standard InChI is InChI=1S/C18H20N6O2/c1-12-9-13(2)23(21-12)16-6-7-17(25)24(22-16)14(3)18(26)20-11-15-5-4-8-19-10-15/h4-10,14H,11H2,1-3H3,(H,20,26). The maximum atomic E-state index is 12.4. The van der Waals surface area contributed by atoms with Crippen molar-refractivity contribution in [2.75, 3.05) is 0 Å². The van der Waals surface area contributed by atoms with Gasteiger partial charge in [0.1, 0.15) is 6.04 Å². The summed E-state index contributed by atoms with van der Waals surface area (Å²) >= 11 is 0. The summed E-state index contributed by atoms with van der Waals surface area (Å²) in [5.41, 5.74) is 2.28. The van der Waals surface area contributed by atoms with E-state index in [2.05, 4.69) is 20.5 Å². The first-order valence-electron chi connectivity index (χ1n) is 8.26. The van der Waals surface area contributed by atoms with Crippen molar-refractivity contribution in [3.8, 4) is 5.82 Å². The van der Waals surface area contributed by atoms with Crippen LogP contribution in [0.15, 0.2) is 47.5 Å². The molecule has 0 spiro atoms. The van der Waals surface area contributed by atoms with Crippen LogP contribution in [0.5, 0.6) is 0 Å². The molecule has 0 fully saturated rings. The SMILES string of the molecule is Cc1cc(C)n(-c2ccc(=O)n(C(C)C(=O)NCc3cccnc3)n2)n1. The Morgan fingerprint density at radius 3 is 2.69 bits per heavy atom. The average Bonchev–Trinajstić information content (AvgIpc) is 2.98. The minimum Gasteiger partial charge on any atom is -0.350 e. The maximum absolute atomic E-state index is 12.4. The van der Waals surface area contributed by atoms with E-state index < -0.39 is 6.04 Å². The first kappa shape index (κ1) is 17.5. The molecule has 1 N–H and O–H groups in total. The number of nitrogens with zero attached hydrogens (tertiary/aromatic N) is 5. The molecule has 0 aliphatic heterocycles. The number of aryl methyl sites for hydroxylation is 2. The minimum absolute atomic E-state index is 0.297. The van der Waals surface area contributed by atoms with Crippen molar-refractivity contribution >= 4 is 5.91 Å². The molecule has 0 saturated carbocycles. The highest BCUT2D eigenvalue weighted by Gasteiger charge is 2.18. The van der Waals surface area contributed by atoms with Crippen molar-refractivity contribution in [1.29, 1.82) is 0 Å². The first-order chi connectivity index (χ1) is 12.5. The Labute approximate surface area is 150 Å². The van der Waals surface area contributed by atoms with E-state index in [1.54, 1.807) is 36.1 Å². The molecule has 0 aliphatic carbocycles. The van der Waals surface area contributed by atoms with E-state index in [9.17, 15) is 9.59 Å². The average molecular weight is 352 g/mol. The fourth-order valence-electron chi connectivity index (χ4n) is 2.62. The number of carbonyl (C=O) groups excluding carboxylic acids is 1. The van der Waals surface area contributed by atoms with Gasteiger partial charge in [0.25, 0.3) is 5.56 Å². The van der Waals surface area contributed by atoms with Crippen molar-refractivity contribution in [2.24, 2.45) is 0 Å². The molecule has 3 rings (SSSR count). The second-order valence-corrected chi connectivity index (χ2v) is 6.07. The van der Waals surface area contributed by atoms with Gasteiger partial charge in [-0.05, 0) is 44.5 Å². The third-order valence-corrected chi connectivity index (χ3v) is 3.97. The van der Waals surface area contributed by atoms with Crippen LogP contribution < -0.4 is 10.9 Å². The van der Waals surface area contributed by atoms with Crippen LogP contribution >= 0.6 is 0 Å². The molecule has 1 amide bonds. The Morgan fingerprint density at radius 1 is 1.23 bits per heavy atom. The Hall–Kier alpha value is -3.29. The van der Waals surface area contributed by atoms with Crippen LogP contribution in [0.3, 0.4) is 0 Å². The van der Waals surface area contributed by atoms with Gasteiger partial charge in [-0.2, -0.15) is 5.10 Å². The number of hydrogen-bond donors (Lipinski definition) is 1. The lowest BCUT2D eigenvalue weighted by atomic mass is 10.2. The molecule has 3 heterocycles. The zero-order valence-corrected chi connectivity index (χ0v) is 14.9. The third kappa shape index (κ3) is 3.69. The number of amides is 1. The van der Waals surface area contributed by atoms with E-state index in [4.69, 9.17) is 0 Å². The molecule has 3 aromatic heterocycles. The van der Waals surface area contributed by atoms with Gasteiger partial charge in [0, 0.05) is 30.7 Å². The Morgan fingerprint density at radius 2 is 2.04 bits per heavy atom. The summed E-state index contributed by atoms with van der Waals surface area (Å²) in [5, 5.41) is 11.5. The summed E-state index contributed by atoms with van der Waals surface area (Å²) in [6.45, 7) is 5.76. The molecule has 3 aromatic rings. The van der Waals surface area contributed by atoms with Crippen LogP contribution in [-0.4, -0.2) is 30.5 Å². The van der Waals surface area contributed by atoms with Crippen molar-refractivity contribution in [1.82, 2.24) is 29.9 Å². The van der Waals surface area contributed by atoms with Gasteiger partial charge in [-0.25, -0.2) is 9.36 Å². The van der Waals surface area contributed by atoms with Gasteiger partial charge in [-0.3, -0.25) is 14.6 Å². The second kappa shape index (κ2) is 7.30. The fraction of sp³-hybridized carbons (Fsp3) is 0.278. The predicted octanol–water partition coefficient (Wildman–Crippen LogP) is 1.32. The van der Waals surface area contributed by atoms with Crippen molar-refractivity contribution < 1.29 is 4.79 Å². The number of carbonyl (C=O) groups is 1. The number of rotatable bonds is 5. The number of hydrogen-bond acceptors (Lipinski definition) is 5. The maximum Gasteiger partial charge on any atom is 0.267 e. The molecule has 1 atom stereocenters. The van der Waals surface area contributed by atoms with Crippen molar-refractivity contribution in [3.63, 3.8) is 0 Å². The van der Waals surface area contributed by atoms with E-state index in [1.807, 2.05) is 26.0 Å². The van der Waals surface area contributed by atoms with Gasteiger partial charge in [0.2, 0.25) is 5.91 Å². The highest BCUT2D eigenvalue weighted by Crippen LogP contribution is 2.09. The zero-order valence-electron chi connectivity index (χ0n) is 14.9. The molecule has 1 unspecified atom stereocenters. The normalized spacial score (nSPS) is 12.0. The van der Waals surface area contributed by atoms with Crippen LogP contribution in [0, 0.1) is 13.8 Å². The highest BCUT2D eigenvalue weighted by molar-refractivity contribution is 5.79. The number of pyridine rings is 1. The quantitative estimate of drug-likeness (QED) is 0.747. The van der Waals surface area contributed by atoms with Crippen LogP contribution in [-0.2, 0) is 11.3 Å². The monoisotopic (exact) mass is 352 g/mol. The highest BCUT2D eigenvalue weighted by atomic mass is 16.2. The summed E-state index contributed by atoms with van der Waals surface area (Å²) in [6.07, 6.45) is 3.35. The van der Waals surface area contributed by atoms with Gasteiger partial charge >= 0.3 is 0 Å². The summed E-state index contributed by atoms with van der Waals surface area (Å²) in [7, 11) is 0. The summed E-state index contributed by atoms with van der Waals surface area (Å²) in [5.74, 6) is 0.191. The van der Waals surface area contributed by atoms with E-state index >= 15 is 0 Å². The summed E-state index contributed by atoms with van der Waals surface area (Å²) in [4.78, 5) is 28.6. The molecular weight excluding hydrogens is 332 g/mol. The van der Waals surface area contributed by atoms with Gasteiger partial charge in [-0.1, -0.05) is 6.07 Å². The summed E-state index contributed by atoms with van der Waals surface area (Å²) < 4.78 is 2.82. The third-order valence-electron chi connectivity index (χ3n) is 3.97. The van der Waals surface area contributed by atoms with Crippen LogP contribution in [0.4, 0.5) is 0 Å². The van der Waals surface area contributed by atoms with Crippen molar-refractivity contribution in [3.05, 3.63) is 70.0 Å². The molecule has 0 aromatic carbocycles. The molecular formula is C18H20N6O2. The van der Waals surface area contributed by atoms with E-state index in [0.29, 0.717) is 12.4 Å². The molecule has 0 bridgehead atoms. The fourth-order valence-corrected chi connectivity index (χ4v) is 2.62. The number of aromatic nitrogens is 5. The van der Waals surface area contributed by atoms with E-state index in [0.717, 1.165) is 17.0 Å². The molecule has 26 heavy (non-hydrogen) atoms. The Kier molecular flexibility index (Phi) is 4.92. The van der Waals surface area contributed by atoms with Crippen LogP contribution in [0.25, 0.3) is 5.82 Å². The van der Waals surface area contributed by atoms with Crippen LogP contribution in [0.2, 0.25) is 0 Å². The minimum atomic E-state index is -0.754. The van der Waals surface area contributed by atoms with Crippen molar-refractivity contribution in [2.45, 2.75) is 33.4 Å². The molecule has 0 aliphatic rings. The lowest BCUT2D eigenvalue weighted by molar-refractivity contribution is -0.124. The van der Waals surface area contributed by atoms with E-state index in [-0.39, 0.29) is 11.5 Å². The largest absolute Gasteiger partial charge is 0.350 e. The van der Waals surface area contributed by atoms with Gasteiger partial charge in [0.05, 0.1) is 5.69 Å². The second-order valence-electron chi connectivity index (χ2n) is 6.07. The molecule has 134 valence electrons. The topological polar surface area (TPSA) is 94.7 Å². The van der Waals surface area contributed by atoms with Crippen LogP contribution in [0.1, 0.15) is 29.9 Å². The van der Waals surface area contributed by atoms with Gasteiger partial charge in [0.15, 0.2) is 5.82 Å². The smallest absolute Gasteiger partial charge is 0.267 e. The van der Waals surface area contributed by atoms with Gasteiger partial charge < -0.3 is 5.32 Å².